The van der Waals surface area contributed by atoms with E-state index >= 15 is 0 Å². The fourth-order valence-corrected chi connectivity index (χ4v) is 3.27. The monoisotopic (exact) mass is 404 g/mol. The minimum atomic E-state index is -0.873. The van der Waals surface area contributed by atoms with E-state index in [1.54, 1.807) is 13.2 Å². The van der Waals surface area contributed by atoms with Gasteiger partial charge in [-0.15, -0.1) is 0 Å². The molecule has 1 aliphatic carbocycles. The Labute approximate surface area is 151 Å². The van der Waals surface area contributed by atoms with Crippen molar-refractivity contribution in [2.75, 3.05) is 7.11 Å². The fraction of sp³-hybridized carbons (Fsp3) is 0.176. The van der Waals surface area contributed by atoms with E-state index in [4.69, 9.17) is 9.57 Å². The Morgan fingerprint density at radius 2 is 2.00 bits per heavy atom. The number of nitro benzene ring substituents is 1. The molecule has 0 amide bonds. The Hall–Kier alpha value is -2.74. The topological polar surface area (TPSA) is 91.0 Å². The van der Waals surface area contributed by atoms with E-state index in [9.17, 15) is 14.9 Å². The van der Waals surface area contributed by atoms with Crippen molar-refractivity contribution in [3.63, 3.8) is 0 Å². The summed E-state index contributed by atoms with van der Waals surface area (Å²) in [6, 6.07) is 9.28. The second-order valence-corrected chi connectivity index (χ2v) is 6.15. The lowest BCUT2D eigenvalue weighted by atomic mass is 10.1. The van der Waals surface area contributed by atoms with Gasteiger partial charge in [-0.05, 0) is 36.6 Å². The summed E-state index contributed by atoms with van der Waals surface area (Å²) < 4.78 is 6.28. The van der Waals surface area contributed by atoms with E-state index in [0.717, 1.165) is 22.0 Å². The summed E-state index contributed by atoms with van der Waals surface area (Å²) in [5.41, 5.74) is 1.92. The quantitative estimate of drug-likeness (QED) is 0.438. The van der Waals surface area contributed by atoms with Crippen LogP contribution in [0.5, 0.6) is 5.75 Å². The highest BCUT2D eigenvalue weighted by Gasteiger charge is 2.26. The van der Waals surface area contributed by atoms with Gasteiger partial charge in [-0.2, -0.15) is 0 Å². The molecule has 0 saturated heterocycles. The van der Waals surface area contributed by atoms with Gasteiger partial charge in [0.1, 0.15) is 11.3 Å². The van der Waals surface area contributed by atoms with Gasteiger partial charge in [0.2, 0.25) is 0 Å². The Kier molecular flexibility index (Phi) is 4.80. The number of nitrogens with zero attached hydrogens (tertiary/aromatic N) is 2. The van der Waals surface area contributed by atoms with Gasteiger partial charge < -0.3 is 9.57 Å². The third-order valence-electron chi connectivity index (χ3n) is 3.90. The summed E-state index contributed by atoms with van der Waals surface area (Å²) in [4.78, 5) is 27.5. The van der Waals surface area contributed by atoms with Gasteiger partial charge in [0, 0.05) is 16.1 Å². The molecule has 3 rings (SSSR count). The first-order chi connectivity index (χ1) is 12.0. The first kappa shape index (κ1) is 17.1. The van der Waals surface area contributed by atoms with Gasteiger partial charge in [-0.25, -0.2) is 4.79 Å². The van der Waals surface area contributed by atoms with Crippen molar-refractivity contribution in [2.45, 2.75) is 12.8 Å². The molecule has 128 valence electrons. The number of carbonyl (C=O) groups excluding carboxylic acids is 1. The lowest BCUT2D eigenvalue weighted by Gasteiger charge is -2.09. The van der Waals surface area contributed by atoms with E-state index in [2.05, 4.69) is 21.1 Å². The molecular formula is C17H13BrN2O5. The molecule has 0 unspecified atom stereocenters. The van der Waals surface area contributed by atoms with Crippen LogP contribution in [0.4, 0.5) is 5.69 Å². The lowest BCUT2D eigenvalue weighted by Crippen LogP contribution is -2.07. The SMILES string of the molecule is COc1ccc(Br)c2c1/C(=N\OC(=O)c1ccccc1[N+](=O)[O-])CC2. The van der Waals surface area contributed by atoms with Crippen LogP contribution >= 0.6 is 15.9 Å². The van der Waals surface area contributed by atoms with Crippen LogP contribution < -0.4 is 4.74 Å². The highest BCUT2D eigenvalue weighted by molar-refractivity contribution is 9.10. The molecule has 0 N–H and O–H groups in total. The molecule has 8 heteroatoms. The van der Waals surface area contributed by atoms with Crippen molar-refractivity contribution in [1.82, 2.24) is 0 Å². The third kappa shape index (κ3) is 3.25. The van der Waals surface area contributed by atoms with E-state index in [-0.39, 0.29) is 11.3 Å². The molecule has 25 heavy (non-hydrogen) atoms. The second kappa shape index (κ2) is 7.02. The standard InChI is InChI=1S/C17H13BrN2O5/c1-24-15-9-7-12(18)10-6-8-13(16(10)15)19-25-17(21)11-4-2-3-5-14(11)20(22)23/h2-5,7,9H,6,8H2,1H3/b19-13-. The molecule has 0 radical (unpaired) electrons. The van der Waals surface area contributed by atoms with Crippen LogP contribution in [-0.4, -0.2) is 23.7 Å². The molecule has 0 aromatic heterocycles. The molecule has 0 heterocycles. The van der Waals surface area contributed by atoms with Gasteiger partial charge in [0.25, 0.3) is 5.69 Å². The Morgan fingerprint density at radius 1 is 1.24 bits per heavy atom. The Balaban J connectivity index is 1.90. The lowest BCUT2D eigenvalue weighted by molar-refractivity contribution is -0.385. The highest BCUT2D eigenvalue weighted by atomic mass is 79.9. The zero-order valence-corrected chi connectivity index (χ0v) is 14.8. The molecule has 2 aromatic rings. The molecular weight excluding hydrogens is 392 g/mol. The van der Waals surface area contributed by atoms with Crippen LogP contribution in [-0.2, 0) is 11.3 Å². The smallest absolute Gasteiger partial charge is 0.372 e. The average Bonchev–Trinajstić information content (AvgIpc) is 3.05. The maximum absolute atomic E-state index is 12.2. The first-order valence-corrected chi connectivity index (χ1v) is 8.19. The van der Waals surface area contributed by atoms with Crippen LogP contribution in [0, 0.1) is 10.1 Å². The fourth-order valence-electron chi connectivity index (χ4n) is 2.74. The number of halogens is 1. The van der Waals surface area contributed by atoms with Crippen molar-refractivity contribution in [2.24, 2.45) is 5.16 Å². The molecule has 0 spiro atoms. The van der Waals surface area contributed by atoms with Crippen LogP contribution in [0.25, 0.3) is 0 Å². The molecule has 0 aliphatic heterocycles. The van der Waals surface area contributed by atoms with Gasteiger partial charge >= 0.3 is 5.97 Å². The number of benzene rings is 2. The second-order valence-electron chi connectivity index (χ2n) is 5.29. The molecule has 0 fully saturated rings. The average molecular weight is 405 g/mol. The molecule has 7 nitrogen and oxygen atoms in total. The third-order valence-corrected chi connectivity index (χ3v) is 4.64. The van der Waals surface area contributed by atoms with Crippen LogP contribution in [0.15, 0.2) is 46.0 Å². The summed E-state index contributed by atoms with van der Waals surface area (Å²) in [5.74, 6) is -0.238. The Morgan fingerprint density at radius 3 is 2.72 bits per heavy atom. The van der Waals surface area contributed by atoms with Gasteiger partial charge in [0.15, 0.2) is 0 Å². The summed E-state index contributed by atoms with van der Waals surface area (Å²) >= 11 is 3.49. The van der Waals surface area contributed by atoms with Gasteiger partial charge in [-0.3, -0.25) is 10.1 Å². The maximum atomic E-state index is 12.2. The van der Waals surface area contributed by atoms with Crippen LogP contribution in [0.2, 0.25) is 0 Å². The van der Waals surface area contributed by atoms with E-state index < -0.39 is 10.9 Å². The zero-order chi connectivity index (χ0) is 18.0. The van der Waals surface area contributed by atoms with Crippen molar-refractivity contribution in [3.05, 3.63) is 67.7 Å². The van der Waals surface area contributed by atoms with Crippen molar-refractivity contribution >= 4 is 33.3 Å². The number of fused-ring (bicyclic) bond motifs is 1. The minimum absolute atomic E-state index is 0.142. The van der Waals surface area contributed by atoms with Crippen LogP contribution in [0.1, 0.15) is 27.9 Å². The number of para-hydroxylation sites is 1. The number of oxime groups is 1. The minimum Gasteiger partial charge on any atom is -0.496 e. The van der Waals surface area contributed by atoms with Crippen LogP contribution in [0.3, 0.4) is 0 Å². The van der Waals surface area contributed by atoms with Crippen molar-refractivity contribution in [1.29, 1.82) is 0 Å². The first-order valence-electron chi connectivity index (χ1n) is 7.40. The summed E-state index contributed by atoms with van der Waals surface area (Å²) in [6.45, 7) is 0. The number of nitro groups is 1. The van der Waals surface area contributed by atoms with E-state index in [0.29, 0.717) is 17.9 Å². The molecule has 1 aliphatic rings. The van der Waals surface area contributed by atoms with Gasteiger partial charge in [-0.1, -0.05) is 33.2 Å². The van der Waals surface area contributed by atoms with E-state index in [1.807, 2.05) is 6.07 Å². The molecule has 0 bridgehead atoms. The molecule has 0 saturated carbocycles. The summed E-state index contributed by atoms with van der Waals surface area (Å²) in [6.07, 6.45) is 1.31. The zero-order valence-electron chi connectivity index (χ0n) is 13.2. The Bertz CT molecular complexity index is 895. The largest absolute Gasteiger partial charge is 0.496 e. The number of ether oxygens (including phenoxy) is 1. The predicted octanol–water partition coefficient (Wildman–Crippen LogP) is 3.87. The maximum Gasteiger partial charge on any atom is 0.372 e. The normalized spacial score (nSPS) is 14.2. The van der Waals surface area contributed by atoms with Gasteiger partial charge in [0.05, 0.1) is 17.7 Å². The molecule has 2 aromatic carbocycles. The summed E-state index contributed by atoms with van der Waals surface area (Å²) in [7, 11) is 1.55. The number of hydrogen-bond donors (Lipinski definition) is 0. The number of rotatable bonds is 4. The number of carbonyl (C=O) groups is 1. The highest BCUT2D eigenvalue weighted by Crippen LogP contribution is 2.36. The number of hydrogen-bond acceptors (Lipinski definition) is 6. The number of methoxy groups -OCH3 is 1. The molecule has 0 atom stereocenters. The summed E-state index contributed by atoms with van der Waals surface area (Å²) in [5, 5.41) is 14.9. The van der Waals surface area contributed by atoms with Crippen molar-refractivity contribution < 1.29 is 19.3 Å². The predicted molar refractivity (Wildman–Crippen MR) is 94.1 cm³/mol. The van der Waals surface area contributed by atoms with E-state index in [1.165, 1.54) is 24.3 Å². The van der Waals surface area contributed by atoms with Crippen molar-refractivity contribution in [3.8, 4) is 5.75 Å².